The molecule has 0 amide bonds. The van der Waals surface area contributed by atoms with E-state index < -0.39 is 21.5 Å². The first-order chi connectivity index (χ1) is 7.92. The van der Waals surface area contributed by atoms with Gasteiger partial charge in [-0.15, -0.1) is 27.9 Å². The maximum Gasteiger partial charge on any atom is 0.286 e. The Morgan fingerprint density at radius 2 is 1.94 bits per heavy atom. The minimum Gasteiger partial charge on any atom is -0.395 e. The quantitative estimate of drug-likeness (QED) is 0.514. The third-order valence-electron chi connectivity index (χ3n) is 1.83. The summed E-state index contributed by atoms with van der Waals surface area (Å²) in [6, 6.07) is 3.61. The maximum absolute atomic E-state index is 13.2. The van der Waals surface area contributed by atoms with Crippen molar-refractivity contribution in [2.75, 3.05) is 18.2 Å². The Hall–Kier alpha value is -0.730. The van der Waals surface area contributed by atoms with Gasteiger partial charge in [-0.3, -0.25) is 0 Å². The van der Waals surface area contributed by atoms with Gasteiger partial charge in [0.05, 0.1) is 5.69 Å². The second kappa shape index (κ2) is 5.74. The number of hydrogen-bond acceptors (Lipinski definition) is 5. The van der Waals surface area contributed by atoms with E-state index >= 15 is 0 Å². The van der Waals surface area contributed by atoms with Gasteiger partial charge in [-0.25, -0.2) is 4.39 Å². The van der Waals surface area contributed by atoms with E-state index in [2.05, 4.69) is 4.40 Å². The van der Waals surface area contributed by atoms with Crippen LogP contribution >= 0.6 is 23.5 Å². The molecule has 0 aliphatic heterocycles. The molecule has 2 N–H and O–H groups in total. The number of benzene rings is 1. The number of anilines is 1. The molecular formula is C9H11FN2O2S3. The number of hydrogen-bond donors (Lipinski definition) is 1. The van der Waals surface area contributed by atoms with Crippen LogP contribution in [0.1, 0.15) is 0 Å². The molecule has 17 heavy (non-hydrogen) atoms. The van der Waals surface area contributed by atoms with Crippen molar-refractivity contribution in [3.05, 3.63) is 24.0 Å². The van der Waals surface area contributed by atoms with E-state index in [1.807, 2.05) is 0 Å². The van der Waals surface area contributed by atoms with Crippen LogP contribution in [0.25, 0.3) is 0 Å². The van der Waals surface area contributed by atoms with Crippen molar-refractivity contribution in [1.82, 2.24) is 0 Å². The van der Waals surface area contributed by atoms with E-state index in [-0.39, 0.29) is 4.90 Å². The van der Waals surface area contributed by atoms with Gasteiger partial charge >= 0.3 is 0 Å². The Bertz CT molecular complexity index is 537. The molecular weight excluding hydrogens is 283 g/mol. The molecule has 0 fully saturated rings. The summed E-state index contributed by atoms with van der Waals surface area (Å²) in [5.41, 5.74) is 4.99. The minimum atomic E-state index is -3.96. The van der Waals surface area contributed by atoms with Crippen molar-refractivity contribution in [2.24, 2.45) is 4.40 Å². The fraction of sp³-hybridized carbons (Fsp3) is 0.222. The highest BCUT2D eigenvalue weighted by Gasteiger charge is 2.19. The molecule has 0 saturated carbocycles. The van der Waals surface area contributed by atoms with Crippen molar-refractivity contribution < 1.29 is 12.8 Å². The van der Waals surface area contributed by atoms with Crippen LogP contribution in [-0.4, -0.2) is 25.3 Å². The third-order valence-corrected chi connectivity index (χ3v) is 5.28. The number of nitrogen functional groups attached to an aromatic ring is 1. The van der Waals surface area contributed by atoms with Gasteiger partial charge < -0.3 is 5.73 Å². The molecule has 4 nitrogen and oxygen atoms in total. The largest absolute Gasteiger partial charge is 0.395 e. The minimum absolute atomic E-state index is 0.307. The third kappa shape index (κ3) is 3.36. The molecule has 0 saturated heterocycles. The Morgan fingerprint density at radius 1 is 1.35 bits per heavy atom. The summed E-state index contributed by atoms with van der Waals surface area (Å²) >= 11 is 2.40. The SMILES string of the molecule is CSC(=NS(=O)(=O)c1cccc(F)c1N)SC. The predicted molar refractivity (Wildman–Crippen MR) is 72.5 cm³/mol. The lowest BCUT2D eigenvalue weighted by Crippen LogP contribution is -2.05. The molecule has 1 aromatic carbocycles. The molecule has 0 unspecified atom stereocenters. The molecule has 0 spiro atoms. The number of sulfonamides is 1. The summed E-state index contributed by atoms with van der Waals surface area (Å²) < 4.78 is 40.9. The summed E-state index contributed by atoms with van der Waals surface area (Å²) in [4.78, 5) is -0.307. The zero-order chi connectivity index (χ0) is 13.1. The van der Waals surface area contributed by atoms with Gasteiger partial charge in [-0.05, 0) is 24.6 Å². The summed E-state index contributed by atoms with van der Waals surface area (Å²) in [6.07, 6.45) is 3.42. The lowest BCUT2D eigenvalue weighted by Gasteiger charge is -2.05. The number of rotatable bonds is 2. The van der Waals surface area contributed by atoms with E-state index in [9.17, 15) is 12.8 Å². The Labute approximate surface area is 108 Å². The average Bonchev–Trinajstić information content (AvgIpc) is 2.29. The van der Waals surface area contributed by atoms with E-state index in [0.717, 1.165) is 6.07 Å². The molecule has 0 aliphatic rings. The first-order valence-electron chi connectivity index (χ1n) is 4.39. The van der Waals surface area contributed by atoms with Gasteiger partial charge in [-0.1, -0.05) is 6.07 Å². The van der Waals surface area contributed by atoms with E-state index in [1.165, 1.54) is 35.7 Å². The summed E-state index contributed by atoms with van der Waals surface area (Å²) in [7, 11) is -3.96. The van der Waals surface area contributed by atoms with Gasteiger partial charge in [0.15, 0.2) is 0 Å². The molecule has 1 rings (SSSR count). The van der Waals surface area contributed by atoms with Crippen molar-refractivity contribution >= 4 is 43.6 Å². The van der Waals surface area contributed by atoms with Crippen LogP contribution in [0.3, 0.4) is 0 Å². The Balaban J connectivity index is 3.32. The molecule has 0 radical (unpaired) electrons. The van der Waals surface area contributed by atoms with Gasteiger partial charge in [0.1, 0.15) is 15.1 Å². The summed E-state index contributed by atoms with van der Waals surface area (Å²) in [5, 5.41) is 0. The zero-order valence-electron chi connectivity index (χ0n) is 9.18. The Morgan fingerprint density at radius 3 is 2.47 bits per heavy atom. The van der Waals surface area contributed by atoms with Crippen LogP contribution in [0.5, 0.6) is 0 Å². The van der Waals surface area contributed by atoms with Gasteiger partial charge in [-0.2, -0.15) is 8.42 Å². The highest BCUT2D eigenvalue weighted by molar-refractivity contribution is 8.38. The van der Waals surface area contributed by atoms with Crippen molar-refractivity contribution in [3.8, 4) is 0 Å². The first kappa shape index (κ1) is 14.3. The first-order valence-corrected chi connectivity index (χ1v) is 8.28. The number of nitrogens with two attached hydrogens (primary N) is 1. The lowest BCUT2D eigenvalue weighted by molar-refractivity contribution is 0.594. The van der Waals surface area contributed by atoms with Gasteiger partial charge in [0, 0.05) is 0 Å². The van der Waals surface area contributed by atoms with Crippen molar-refractivity contribution in [3.63, 3.8) is 0 Å². The topological polar surface area (TPSA) is 72.5 Å². The van der Waals surface area contributed by atoms with E-state index in [4.69, 9.17) is 5.73 Å². The molecule has 0 heterocycles. The fourth-order valence-electron chi connectivity index (χ4n) is 1.05. The van der Waals surface area contributed by atoms with Gasteiger partial charge in [0.25, 0.3) is 10.0 Å². The highest BCUT2D eigenvalue weighted by atomic mass is 32.2. The molecule has 0 atom stereocenters. The van der Waals surface area contributed by atoms with Crippen LogP contribution in [0.15, 0.2) is 27.5 Å². The van der Waals surface area contributed by atoms with Crippen LogP contribution in [0.2, 0.25) is 0 Å². The van der Waals surface area contributed by atoms with E-state index in [1.54, 1.807) is 12.5 Å². The number of para-hydroxylation sites is 1. The average molecular weight is 294 g/mol. The van der Waals surface area contributed by atoms with Crippen LogP contribution in [-0.2, 0) is 10.0 Å². The molecule has 94 valence electrons. The lowest BCUT2D eigenvalue weighted by atomic mass is 10.3. The molecule has 0 aromatic heterocycles. The van der Waals surface area contributed by atoms with Crippen molar-refractivity contribution in [2.45, 2.75) is 4.90 Å². The van der Waals surface area contributed by atoms with Crippen molar-refractivity contribution in [1.29, 1.82) is 0 Å². The normalized spacial score (nSPS) is 11.2. The second-order valence-electron chi connectivity index (χ2n) is 2.89. The monoisotopic (exact) mass is 294 g/mol. The highest BCUT2D eigenvalue weighted by Crippen LogP contribution is 2.25. The van der Waals surface area contributed by atoms with E-state index in [0.29, 0.717) is 4.38 Å². The zero-order valence-corrected chi connectivity index (χ0v) is 11.6. The number of halogens is 1. The van der Waals surface area contributed by atoms with Crippen LogP contribution < -0.4 is 5.73 Å². The standard InChI is InChI=1S/C9H11FN2O2S3/c1-15-9(16-2)12-17(13,14)7-5-3-4-6(10)8(7)11/h3-5H,11H2,1-2H3. The maximum atomic E-state index is 13.2. The summed E-state index contributed by atoms with van der Waals surface area (Å²) in [5.74, 6) is -0.767. The predicted octanol–water partition coefficient (Wildman–Crippen LogP) is 2.18. The van der Waals surface area contributed by atoms with Crippen LogP contribution in [0, 0.1) is 5.82 Å². The van der Waals surface area contributed by atoms with Crippen LogP contribution in [0.4, 0.5) is 10.1 Å². The molecule has 0 aliphatic carbocycles. The smallest absolute Gasteiger partial charge is 0.286 e. The molecule has 1 aromatic rings. The number of nitrogens with zero attached hydrogens (tertiary/aromatic N) is 1. The second-order valence-corrected chi connectivity index (χ2v) is 6.31. The molecule has 8 heteroatoms. The summed E-state index contributed by atoms with van der Waals surface area (Å²) in [6.45, 7) is 0. The van der Waals surface area contributed by atoms with Gasteiger partial charge in [0.2, 0.25) is 0 Å². The number of thioether (sulfide) groups is 2. The molecule has 0 bridgehead atoms. The Kier molecular flexibility index (Phi) is 4.84. The fourth-order valence-corrected chi connectivity index (χ4v) is 3.82.